The Hall–Kier alpha value is -2.53. The molecule has 28 heavy (non-hydrogen) atoms. The molecule has 148 valence electrons. The molecule has 1 saturated carbocycles. The van der Waals surface area contributed by atoms with E-state index in [1.54, 1.807) is 7.11 Å². The van der Waals surface area contributed by atoms with E-state index in [9.17, 15) is 4.79 Å². The van der Waals surface area contributed by atoms with Gasteiger partial charge in [0.25, 0.3) is 0 Å². The number of amides is 2. The Bertz CT molecular complexity index is 789. The van der Waals surface area contributed by atoms with Gasteiger partial charge in [0.15, 0.2) is 0 Å². The van der Waals surface area contributed by atoms with Crippen LogP contribution < -0.4 is 15.4 Å². The van der Waals surface area contributed by atoms with Crippen LogP contribution in [0.3, 0.4) is 0 Å². The summed E-state index contributed by atoms with van der Waals surface area (Å²) in [6.07, 6.45) is 2.97. The highest BCUT2D eigenvalue weighted by Crippen LogP contribution is 2.38. The molecule has 2 aromatic rings. The zero-order chi connectivity index (χ0) is 19.3. The molecule has 2 atom stereocenters. The van der Waals surface area contributed by atoms with E-state index in [1.165, 1.54) is 11.1 Å². The van der Waals surface area contributed by atoms with Crippen molar-refractivity contribution in [3.63, 3.8) is 0 Å². The second kappa shape index (κ2) is 8.65. The van der Waals surface area contributed by atoms with Crippen molar-refractivity contribution >= 4 is 6.03 Å². The van der Waals surface area contributed by atoms with Crippen LogP contribution in [-0.4, -0.2) is 38.4 Å². The van der Waals surface area contributed by atoms with E-state index in [0.29, 0.717) is 18.4 Å². The summed E-state index contributed by atoms with van der Waals surface area (Å²) in [5.41, 5.74) is 2.59. The summed E-state index contributed by atoms with van der Waals surface area (Å²) in [5.74, 6) is 1.80. The summed E-state index contributed by atoms with van der Waals surface area (Å²) in [5, 5.41) is 6.05. The Kier molecular flexibility index (Phi) is 5.81. The second-order valence-electron chi connectivity index (χ2n) is 7.79. The van der Waals surface area contributed by atoms with E-state index < -0.39 is 0 Å². The largest absolute Gasteiger partial charge is 0.497 e. The number of carbonyl (C=O) groups is 1. The molecule has 1 aliphatic heterocycles. The summed E-state index contributed by atoms with van der Waals surface area (Å²) >= 11 is 0. The molecule has 0 aromatic heterocycles. The van der Waals surface area contributed by atoms with Crippen molar-refractivity contribution in [1.29, 1.82) is 0 Å². The van der Waals surface area contributed by atoms with Crippen LogP contribution in [0, 0.1) is 0 Å². The minimum absolute atomic E-state index is 0.0851. The summed E-state index contributed by atoms with van der Waals surface area (Å²) in [4.78, 5) is 12.2. The van der Waals surface area contributed by atoms with Crippen molar-refractivity contribution in [2.24, 2.45) is 0 Å². The lowest BCUT2D eigenvalue weighted by Gasteiger charge is -2.36. The smallest absolute Gasteiger partial charge is 0.315 e. The van der Waals surface area contributed by atoms with Gasteiger partial charge in [-0.3, -0.25) is 0 Å². The maximum atomic E-state index is 12.2. The molecular weight excluding hydrogens is 352 g/mol. The summed E-state index contributed by atoms with van der Waals surface area (Å²) in [6, 6.07) is 18.8. The molecule has 0 radical (unpaired) electrons. The summed E-state index contributed by atoms with van der Waals surface area (Å²) < 4.78 is 11.1. The normalized spacial score (nSPS) is 26.3. The number of rotatable bonds is 6. The molecule has 2 N–H and O–H groups in total. The summed E-state index contributed by atoms with van der Waals surface area (Å²) in [6.45, 7) is 1.28. The number of hydrogen-bond acceptors (Lipinski definition) is 3. The van der Waals surface area contributed by atoms with Crippen LogP contribution in [0.15, 0.2) is 54.6 Å². The van der Waals surface area contributed by atoms with Crippen LogP contribution in [-0.2, 0) is 4.74 Å². The highest BCUT2D eigenvalue weighted by atomic mass is 16.5. The standard InChI is InChI=1S/C23H28N2O3/c1-27-21-9-5-8-17(12-21)18-10-20(11-18)25-23(26)24-14-22-13-19(15-28-22)16-6-3-2-4-7-16/h2-9,12,18-20,22H,10-11,13-15H2,1H3,(H2,24,25,26)/t18?,19-,20?,22-/m0/s1. The first-order valence-corrected chi connectivity index (χ1v) is 10.1. The van der Waals surface area contributed by atoms with Crippen molar-refractivity contribution < 1.29 is 14.3 Å². The van der Waals surface area contributed by atoms with Gasteiger partial charge in [-0.05, 0) is 48.4 Å². The minimum Gasteiger partial charge on any atom is -0.497 e. The second-order valence-corrected chi connectivity index (χ2v) is 7.79. The lowest BCUT2D eigenvalue weighted by atomic mass is 9.76. The maximum absolute atomic E-state index is 12.2. The van der Waals surface area contributed by atoms with Crippen LogP contribution in [0.4, 0.5) is 4.79 Å². The average molecular weight is 380 g/mol. The third-order valence-electron chi connectivity index (χ3n) is 5.88. The van der Waals surface area contributed by atoms with Crippen molar-refractivity contribution in [3.8, 4) is 5.75 Å². The van der Waals surface area contributed by atoms with Gasteiger partial charge in [0.1, 0.15) is 5.75 Å². The highest BCUT2D eigenvalue weighted by molar-refractivity contribution is 5.74. The molecule has 5 nitrogen and oxygen atoms in total. The van der Waals surface area contributed by atoms with Crippen molar-refractivity contribution in [2.75, 3.05) is 20.3 Å². The van der Waals surface area contributed by atoms with Gasteiger partial charge in [-0.15, -0.1) is 0 Å². The zero-order valence-electron chi connectivity index (χ0n) is 16.3. The van der Waals surface area contributed by atoms with E-state index in [-0.39, 0.29) is 18.2 Å². The fourth-order valence-corrected chi connectivity index (χ4v) is 4.15. The van der Waals surface area contributed by atoms with Gasteiger partial charge in [-0.2, -0.15) is 0 Å². The Balaban J connectivity index is 1.16. The average Bonchev–Trinajstić information content (AvgIpc) is 3.18. The zero-order valence-corrected chi connectivity index (χ0v) is 16.3. The van der Waals surface area contributed by atoms with Gasteiger partial charge >= 0.3 is 6.03 Å². The van der Waals surface area contributed by atoms with Gasteiger partial charge in [0.05, 0.1) is 19.8 Å². The molecule has 2 aromatic carbocycles. The van der Waals surface area contributed by atoms with Gasteiger partial charge in [0.2, 0.25) is 0 Å². The molecule has 0 spiro atoms. The third kappa shape index (κ3) is 4.47. The molecule has 0 unspecified atom stereocenters. The Morgan fingerprint density at radius 3 is 2.61 bits per heavy atom. The van der Waals surface area contributed by atoms with Crippen LogP contribution in [0.5, 0.6) is 5.75 Å². The van der Waals surface area contributed by atoms with E-state index in [2.05, 4.69) is 47.0 Å². The molecule has 2 amide bonds. The number of carbonyl (C=O) groups excluding carboxylic acids is 1. The lowest BCUT2D eigenvalue weighted by Crippen LogP contribution is -2.49. The number of benzene rings is 2. The number of urea groups is 1. The number of nitrogens with one attached hydrogen (secondary N) is 2. The van der Waals surface area contributed by atoms with Gasteiger partial charge in [-0.25, -0.2) is 4.79 Å². The molecular formula is C23H28N2O3. The Labute approximate surface area is 166 Å². The van der Waals surface area contributed by atoms with E-state index in [4.69, 9.17) is 9.47 Å². The number of ether oxygens (including phenoxy) is 2. The first kappa shape index (κ1) is 18.8. The monoisotopic (exact) mass is 380 g/mol. The van der Waals surface area contributed by atoms with Crippen LogP contribution in [0.1, 0.15) is 42.2 Å². The molecule has 2 aliphatic rings. The number of methoxy groups -OCH3 is 1. The third-order valence-corrected chi connectivity index (χ3v) is 5.88. The van der Waals surface area contributed by atoms with Crippen LogP contribution in [0.2, 0.25) is 0 Å². The van der Waals surface area contributed by atoms with E-state index >= 15 is 0 Å². The maximum Gasteiger partial charge on any atom is 0.315 e. The molecule has 1 aliphatic carbocycles. The quantitative estimate of drug-likeness (QED) is 0.801. The highest BCUT2D eigenvalue weighted by Gasteiger charge is 2.32. The lowest BCUT2D eigenvalue weighted by molar-refractivity contribution is 0.109. The predicted molar refractivity (Wildman–Crippen MR) is 109 cm³/mol. The summed E-state index contributed by atoms with van der Waals surface area (Å²) in [7, 11) is 1.69. The van der Waals surface area contributed by atoms with E-state index in [1.807, 2.05) is 18.2 Å². The molecule has 0 bridgehead atoms. The Morgan fingerprint density at radius 1 is 1.04 bits per heavy atom. The predicted octanol–water partition coefficient (Wildman–Crippen LogP) is 3.81. The Morgan fingerprint density at radius 2 is 1.82 bits per heavy atom. The van der Waals surface area contributed by atoms with Gasteiger partial charge in [0, 0.05) is 18.5 Å². The molecule has 1 heterocycles. The van der Waals surface area contributed by atoms with Crippen LogP contribution >= 0.6 is 0 Å². The van der Waals surface area contributed by atoms with Crippen LogP contribution in [0.25, 0.3) is 0 Å². The van der Waals surface area contributed by atoms with Crippen molar-refractivity contribution in [3.05, 3.63) is 65.7 Å². The van der Waals surface area contributed by atoms with Crippen molar-refractivity contribution in [1.82, 2.24) is 10.6 Å². The SMILES string of the molecule is COc1cccc(C2CC(NC(=O)NC[C@@H]3C[C@H](c4ccccc4)CO3)C2)c1. The molecule has 2 fully saturated rings. The molecule has 1 saturated heterocycles. The first-order chi connectivity index (χ1) is 13.7. The van der Waals surface area contributed by atoms with Crippen molar-refractivity contribution in [2.45, 2.75) is 43.2 Å². The molecule has 5 heteroatoms. The van der Waals surface area contributed by atoms with E-state index in [0.717, 1.165) is 31.6 Å². The van der Waals surface area contributed by atoms with Gasteiger partial charge < -0.3 is 20.1 Å². The molecule has 4 rings (SSSR count). The minimum atomic E-state index is -0.0964. The fraction of sp³-hybridized carbons (Fsp3) is 0.435. The topological polar surface area (TPSA) is 59.6 Å². The number of hydrogen-bond donors (Lipinski definition) is 2. The fourth-order valence-electron chi connectivity index (χ4n) is 4.15. The first-order valence-electron chi connectivity index (χ1n) is 10.1. The van der Waals surface area contributed by atoms with Gasteiger partial charge in [-0.1, -0.05) is 42.5 Å².